The summed E-state index contributed by atoms with van der Waals surface area (Å²) in [6, 6.07) is 6.21. The quantitative estimate of drug-likeness (QED) is 0.518. The minimum Gasteiger partial charge on any atom is -0.383 e. The van der Waals surface area contributed by atoms with Gasteiger partial charge in [-0.2, -0.15) is 0 Å². The van der Waals surface area contributed by atoms with E-state index in [-0.39, 0.29) is 23.5 Å². The molecule has 1 aliphatic carbocycles. The van der Waals surface area contributed by atoms with Crippen LogP contribution in [0.1, 0.15) is 49.5 Å². The number of ether oxygens (including phenoxy) is 1. The van der Waals surface area contributed by atoms with E-state index < -0.39 is 17.4 Å². The molecule has 9 nitrogen and oxygen atoms in total. The van der Waals surface area contributed by atoms with Crippen LogP contribution < -0.4 is 11.1 Å². The van der Waals surface area contributed by atoms with Gasteiger partial charge in [0.2, 0.25) is 11.8 Å². The Hall–Kier alpha value is -2.98. The van der Waals surface area contributed by atoms with Gasteiger partial charge in [-0.05, 0) is 57.0 Å². The maximum Gasteiger partial charge on any atom is 0.270 e. The first-order valence-corrected chi connectivity index (χ1v) is 13.6. The number of carbonyl (C=O) groups is 3. The Kier molecular flexibility index (Phi) is 8.72. The van der Waals surface area contributed by atoms with Crippen LogP contribution in [0.25, 0.3) is 10.9 Å². The van der Waals surface area contributed by atoms with Crippen molar-refractivity contribution >= 4 is 28.6 Å². The lowest BCUT2D eigenvalue weighted by atomic mass is 9.69. The van der Waals surface area contributed by atoms with Crippen LogP contribution in [0.2, 0.25) is 0 Å². The third-order valence-electron chi connectivity index (χ3n) is 8.52. The summed E-state index contributed by atoms with van der Waals surface area (Å²) in [5.41, 5.74) is 5.91. The standard InChI is InChI=1S/C28H40FN5O4/c1-28(31-2,27(30)37)24(19-7-5-4-6-8-19)26(36)33-13-11-32(12-14-33)25(35)23-18-20-17-21(29)9-10-22(20)34(23)15-16-38-3/h9-10,17-19,24,31H,4-8,11-16H2,1-3H3,(H2,30,37)/t24-,28?/m1/s1. The summed E-state index contributed by atoms with van der Waals surface area (Å²) in [6.07, 6.45) is 5.00. The van der Waals surface area contributed by atoms with Gasteiger partial charge in [-0.1, -0.05) is 19.3 Å². The van der Waals surface area contributed by atoms with Gasteiger partial charge in [0.25, 0.3) is 5.91 Å². The number of likely N-dealkylation sites (N-methyl/N-ethyl adjacent to an activating group) is 1. The Morgan fingerprint density at radius 2 is 1.76 bits per heavy atom. The van der Waals surface area contributed by atoms with E-state index in [1.165, 1.54) is 12.1 Å². The Balaban J connectivity index is 1.52. The highest BCUT2D eigenvalue weighted by Crippen LogP contribution is 2.37. The molecular formula is C28H40FN5O4. The number of primary amides is 1. The van der Waals surface area contributed by atoms with E-state index >= 15 is 0 Å². The first-order chi connectivity index (χ1) is 18.2. The summed E-state index contributed by atoms with van der Waals surface area (Å²) < 4.78 is 21.0. The lowest BCUT2D eigenvalue weighted by Crippen LogP contribution is -2.64. The number of nitrogens with one attached hydrogen (secondary N) is 1. The summed E-state index contributed by atoms with van der Waals surface area (Å²) in [5.74, 6) is -1.60. The molecule has 2 aliphatic rings. The van der Waals surface area contributed by atoms with E-state index in [1.807, 2.05) is 4.57 Å². The Morgan fingerprint density at radius 3 is 2.37 bits per heavy atom. The van der Waals surface area contributed by atoms with Crippen LogP contribution in [-0.2, 0) is 20.9 Å². The molecule has 2 fully saturated rings. The number of halogens is 1. The number of hydrogen-bond acceptors (Lipinski definition) is 5. The SMILES string of the molecule is CNC(C)(C(N)=O)[C@@H](C(=O)N1CCN(C(=O)c2cc3cc(F)ccc3n2CCOC)CC1)C1CCCCC1. The zero-order valence-electron chi connectivity index (χ0n) is 22.7. The predicted molar refractivity (Wildman–Crippen MR) is 143 cm³/mol. The van der Waals surface area contributed by atoms with Gasteiger partial charge in [0.15, 0.2) is 0 Å². The monoisotopic (exact) mass is 529 g/mol. The van der Waals surface area contributed by atoms with Crippen molar-refractivity contribution in [3.05, 3.63) is 35.8 Å². The van der Waals surface area contributed by atoms with Gasteiger partial charge < -0.3 is 30.2 Å². The largest absolute Gasteiger partial charge is 0.383 e. The minimum atomic E-state index is -1.15. The molecule has 10 heteroatoms. The molecule has 1 aromatic heterocycles. The van der Waals surface area contributed by atoms with Crippen LogP contribution >= 0.6 is 0 Å². The second-order valence-electron chi connectivity index (χ2n) is 10.7. The van der Waals surface area contributed by atoms with Crippen molar-refractivity contribution in [3.8, 4) is 0 Å². The summed E-state index contributed by atoms with van der Waals surface area (Å²) in [7, 11) is 3.28. The predicted octanol–water partition coefficient (Wildman–Crippen LogP) is 2.37. The second-order valence-corrected chi connectivity index (χ2v) is 10.7. The third kappa shape index (κ3) is 5.42. The Labute approximate surface area is 223 Å². The fourth-order valence-corrected chi connectivity index (χ4v) is 6.15. The zero-order valence-corrected chi connectivity index (χ0v) is 22.7. The molecule has 208 valence electrons. The molecule has 1 saturated carbocycles. The molecule has 1 unspecified atom stereocenters. The molecule has 0 bridgehead atoms. The summed E-state index contributed by atoms with van der Waals surface area (Å²) in [5, 5.41) is 3.72. The lowest BCUT2D eigenvalue weighted by Gasteiger charge is -2.44. The van der Waals surface area contributed by atoms with Crippen molar-refractivity contribution in [2.24, 2.45) is 17.6 Å². The van der Waals surface area contributed by atoms with E-state index in [0.717, 1.165) is 37.6 Å². The molecule has 38 heavy (non-hydrogen) atoms. The average molecular weight is 530 g/mol. The van der Waals surface area contributed by atoms with Crippen LogP contribution in [0, 0.1) is 17.7 Å². The number of amides is 3. The topological polar surface area (TPSA) is 110 Å². The van der Waals surface area contributed by atoms with Crippen LogP contribution in [0.3, 0.4) is 0 Å². The van der Waals surface area contributed by atoms with Crippen LogP contribution in [0.5, 0.6) is 0 Å². The van der Waals surface area contributed by atoms with Crippen molar-refractivity contribution < 1.29 is 23.5 Å². The molecule has 2 atom stereocenters. The summed E-state index contributed by atoms with van der Waals surface area (Å²) in [6.45, 7) is 4.09. The summed E-state index contributed by atoms with van der Waals surface area (Å²) in [4.78, 5) is 43.5. The van der Waals surface area contributed by atoms with Gasteiger partial charge in [0.05, 0.1) is 12.5 Å². The number of fused-ring (bicyclic) bond motifs is 1. The van der Waals surface area contributed by atoms with Gasteiger partial charge in [-0.25, -0.2) is 4.39 Å². The Bertz CT molecular complexity index is 1170. The molecule has 2 aromatic rings. The minimum absolute atomic E-state index is 0.0793. The van der Waals surface area contributed by atoms with Gasteiger partial charge in [0, 0.05) is 50.7 Å². The smallest absolute Gasteiger partial charge is 0.270 e. The number of nitrogens with two attached hydrogens (primary N) is 1. The van der Waals surface area contributed by atoms with Crippen molar-refractivity contribution in [2.45, 2.75) is 51.1 Å². The number of methoxy groups -OCH3 is 1. The molecule has 0 radical (unpaired) electrons. The molecule has 1 saturated heterocycles. The molecule has 2 heterocycles. The highest BCUT2D eigenvalue weighted by Gasteiger charge is 2.49. The highest BCUT2D eigenvalue weighted by molar-refractivity contribution is 5.99. The molecule has 3 N–H and O–H groups in total. The average Bonchev–Trinajstić information content (AvgIpc) is 3.29. The lowest BCUT2D eigenvalue weighted by molar-refractivity contribution is -0.147. The van der Waals surface area contributed by atoms with Gasteiger partial charge in [0.1, 0.15) is 17.1 Å². The molecular weight excluding hydrogens is 489 g/mol. The normalized spacial score (nSPS) is 19.4. The number of aromatic nitrogens is 1. The van der Waals surface area contributed by atoms with Crippen LogP contribution in [0.4, 0.5) is 4.39 Å². The van der Waals surface area contributed by atoms with E-state index in [4.69, 9.17) is 10.5 Å². The third-order valence-corrected chi connectivity index (χ3v) is 8.52. The summed E-state index contributed by atoms with van der Waals surface area (Å²) >= 11 is 0. The number of piperazine rings is 1. The zero-order chi connectivity index (χ0) is 27.4. The second kappa shape index (κ2) is 11.8. The maximum absolute atomic E-state index is 13.9. The van der Waals surface area contributed by atoms with E-state index in [9.17, 15) is 18.8 Å². The van der Waals surface area contributed by atoms with E-state index in [1.54, 1.807) is 43.0 Å². The van der Waals surface area contributed by atoms with E-state index in [2.05, 4.69) is 5.32 Å². The number of rotatable bonds is 9. The number of nitrogens with zero attached hydrogens (tertiary/aromatic N) is 3. The first kappa shape index (κ1) is 28.0. The fraction of sp³-hybridized carbons (Fsp3) is 0.607. The van der Waals surface area contributed by atoms with Gasteiger partial charge in [-0.3, -0.25) is 14.4 Å². The Morgan fingerprint density at radius 1 is 1.11 bits per heavy atom. The van der Waals surface area contributed by atoms with Crippen LogP contribution in [-0.4, -0.2) is 84.6 Å². The molecule has 0 spiro atoms. The fourth-order valence-electron chi connectivity index (χ4n) is 6.15. The molecule has 3 amide bonds. The van der Waals surface area contributed by atoms with Crippen molar-refractivity contribution in [1.82, 2.24) is 19.7 Å². The number of carbonyl (C=O) groups excluding carboxylic acids is 3. The van der Waals surface area contributed by atoms with Crippen molar-refractivity contribution in [1.29, 1.82) is 0 Å². The first-order valence-electron chi connectivity index (χ1n) is 13.6. The van der Waals surface area contributed by atoms with Crippen LogP contribution in [0.15, 0.2) is 24.3 Å². The molecule has 1 aliphatic heterocycles. The number of benzene rings is 1. The van der Waals surface area contributed by atoms with Gasteiger partial charge in [-0.15, -0.1) is 0 Å². The van der Waals surface area contributed by atoms with Gasteiger partial charge >= 0.3 is 0 Å². The maximum atomic E-state index is 13.9. The highest BCUT2D eigenvalue weighted by atomic mass is 19.1. The van der Waals surface area contributed by atoms with E-state index in [0.29, 0.717) is 50.4 Å². The molecule has 1 aromatic carbocycles. The molecule has 4 rings (SSSR count). The van der Waals surface area contributed by atoms with Crippen molar-refractivity contribution in [3.63, 3.8) is 0 Å². The number of hydrogen-bond donors (Lipinski definition) is 2. The van der Waals surface area contributed by atoms with Crippen molar-refractivity contribution in [2.75, 3.05) is 46.9 Å².